The molecule has 2 amide bonds. The van der Waals surface area contributed by atoms with E-state index in [4.69, 9.17) is 0 Å². The van der Waals surface area contributed by atoms with Gasteiger partial charge in [-0.05, 0) is 57.8 Å². The highest BCUT2D eigenvalue weighted by Crippen LogP contribution is 2.29. The van der Waals surface area contributed by atoms with Crippen molar-refractivity contribution in [1.29, 1.82) is 0 Å². The van der Waals surface area contributed by atoms with Crippen LogP contribution < -0.4 is 10.6 Å². The van der Waals surface area contributed by atoms with Gasteiger partial charge in [0.2, 0.25) is 0 Å². The van der Waals surface area contributed by atoms with Crippen LogP contribution >= 0.6 is 11.3 Å². The van der Waals surface area contributed by atoms with Crippen LogP contribution in [0, 0.1) is 0 Å². The second-order valence-electron chi connectivity index (χ2n) is 5.84. The van der Waals surface area contributed by atoms with E-state index >= 15 is 0 Å². The Hall–Kier alpha value is -1.36. The molecule has 0 fully saturated rings. The number of aromatic nitrogens is 1. The molecule has 5 heteroatoms. The lowest BCUT2D eigenvalue weighted by molar-refractivity contribution is 0.252. The molecule has 114 valence electrons. The second kappa shape index (κ2) is 7.07. The van der Waals surface area contributed by atoms with E-state index in [9.17, 15) is 4.79 Å². The Morgan fingerprint density at radius 2 is 2.05 bits per heavy atom. The Bertz CT molecular complexity index is 512. The number of rotatable bonds is 4. The molecule has 0 saturated heterocycles. The molecule has 4 nitrogen and oxygen atoms in total. The van der Waals surface area contributed by atoms with Crippen molar-refractivity contribution in [3.05, 3.63) is 22.2 Å². The van der Waals surface area contributed by atoms with Gasteiger partial charge in [-0.1, -0.05) is 11.6 Å². The minimum Gasteiger partial charge on any atom is -0.337 e. The summed E-state index contributed by atoms with van der Waals surface area (Å²) in [7, 11) is 0. The summed E-state index contributed by atoms with van der Waals surface area (Å²) in [4.78, 5) is 17.8. The van der Waals surface area contributed by atoms with E-state index in [0.29, 0.717) is 6.54 Å². The summed E-state index contributed by atoms with van der Waals surface area (Å²) < 4.78 is 0. The minimum atomic E-state index is -0.127. The number of allylic oxidation sites excluding steroid dienone is 1. The third kappa shape index (κ3) is 4.06. The van der Waals surface area contributed by atoms with E-state index in [1.165, 1.54) is 54.7 Å². The van der Waals surface area contributed by atoms with Crippen LogP contribution in [-0.2, 0) is 12.8 Å². The average molecular weight is 305 g/mol. The molecule has 1 aromatic rings. The van der Waals surface area contributed by atoms with Crippen molar-refractivity contribution in [2.75, 3.05) is 11.9 Å². The zero-order chi connectivity index (χ0) is 14.5. The molecule has 0 saturated carbocycles. The number of hydrogen-bond acceptors (Lipinski definition) is 3. The number of thiazole rings is 1. The maximum absolute atomic E-state index is 11.9. The molecule has 1 heterocycles. The standard InChI is InChI=1S/C16H23N3OS/c20-15(17-11-10-12-6-2-1-3-7-12)19-16-18-13-8-4-5-9-14(13)21-16/h6H,1-5,7-11H2,(H2,17,18,19,20). The van der Waals surface area contributed by atoms with Crippen LogP contribution in [-0.4, -0.2) is 17.6 Å². The number of nitrogens with one attached hydrogen (secondary N) is 2. The van der Waals surface area contributed by atoms with Gasteiger partial charge in [0.15, 0.2) is 5.13 Å². The Kier molecular flexibility index (Phi) is 4.91. The fourth-order valence-corrected chi connectivity index (χ4v) is 4.06. The molecule has 21 heavy (non-hydrogen) atoms. The molecule has 0 aliphatic heterocycles. The summed E-state index contributed by atoms with van der Waals surface area (Å²) in [5.74, 6) is 0. The largest absolute Gasteiger partial charge is 0.337 e. The number of nitrogens with zero attached hydrogens (tertiary/aromatic N) is 1. The zero-order valence-corrected chi connectivity index (χ0v) is 13.2. The molecule has 0 unspecified atom stereocenters. The molecule has 2 aliphatic rings. The van der Waals surface area contributed by atoms with Crippen LogP contribution in [0.15, 0.2) is 11.6 Å². The van der Waals surface area contributed by atoms with Gasteiger partial charge >= 0.3 is 6.03 Å². The highest BCUT2D eigenvalue weighted by Gasteiger charge is 2.16. The molecular formula is C16H23N3OS. The zero-order valence-electron chi connectivity index (χ0n) is 12.4. The van der Waals surface area contributed by atoms with Gasteiger partial charge in [0.1, 0.15) is 0 Å². The lowest BCUT2D eigenvalue weighted by Crippen LogP contribution is -2.29. The normalized spacial score (nSPS) is 17.8. The molecule has 1 aromatic heterocycles. The Balaban J connectivity index is 1.43. The monoisotopic (exact) mass is 305 g/mol. The van der Waals surface area contributed by atoms with E-state index < -0.39 is 0 Å². The van der Waals surface area contributed by atoms with E-state index in [1.807, 2.05) is 0 Å². The van der Waals surface area contributed by atoms with Crippen molar-refractivity contribution >= 4 is 22.5 Å². The van der Waals surface area contributed by atoms with E-state index in [2.05, 4.69) is 21.7 Å². The first-order valence-corrected chi connectivity index (χ1v) is 8.84. The van der Waals surface area contributed by atoms with Crippen LogP contribution in [0.3, 0.4) is 0 Å². The summed E-state index contributed by atoms with van der Waals surface area (Å²) in [6.45, 7) is 0.711. The van der Waals surface area contributed by atoms with Gasteiger partial charge in [0, 0.05) is 11.4 Å². The molecule has 2 N–H and O–H groups in total. The minimum absolute atomic E-state index is 0.127. The molecular weight excluding hydrogens is 282 g/mol. The van der Waals surface area contributed by atoms with Gasteiger partial charge in [-0.15, -0.1) is 11.3 Å². The van der Waals surface area contributed by atoms with Gasteiger partial charge in [-0.3, -0.25) is 5.32 Å². The third-order valence-corrected chi connectivity index (χ3v) is 5.26. The molecule has 0 aromatic carbocycles. The first-order chi connectivity index (χ1) is 10.3. The number of fused-ring (bicyclic) bond motifs is 1. The maximum Gasteiger partial charge on any atom is 0.321 e. The SMILES string of the molecule is O=C(NCCC1=CCCCC1)Nc1nc2c(s1)CCCC2. The van der Waals surface area contributed by atoms with Gasteiger partial charge in [-0.25, -0.2) is 9.78 Å². The number of amides is 2. The van der Waals surface area contributed by atoms with Crippen LogP contribution in [0.25, 0.3) is 0 Å². The van der Waals surface area contributed by atoms with Gasteiger partial charge < -0.3 is 5.32 Å². The van der Waals surface area contributed by atoms with Crippen LogP contribution in [0.2, 0.25) is 0 Å². The first-order valence-electron chi connectivity index (χ1n) is 8.02. The summed E-state index contributed by atoms with van der Waals surface area (Å²) in [6.07, 6.45) is 12.9. The van der Waals surface area contributed by atoms with Crippen LogP contribution in [0.5, 0.6) is 0 Å². The maximum atomic E-state index is 11.9. The number of carbonyl (C=O) groups excluding carboxylic acids is 1. The van der Waals surface area contributed by atoms with Crippen LogP contribution in [0.4, 0.5) is 9.93 Å². The molecule has 0 atom stereocenters. The van der Waals surface area contributed by atoms with Crippen molar-refractivity contribution in [3.63, 3.8) is 0 Å². The molecule has 0 bridgehead atoms. The van der Waals surface area contributed by atoms with E-state index in [1.54, 1.807) is 11.3 Å². The van der Waals surface area contributed by atoms with E-state index in [-0.39, 0.29) is 6.03 Å². The van der Waals surface area contributed by atoms with Crippen molar-refractivity contribution in [3.8, 4) is 0 Å². The predicted octanol–water partition coefficient (Wildman–Crippen LogP) is 4.03. The fourth-order valence-electron chi connectivity index (χ4n) is 3.02. The van der Waals surface area contributed by atoms with Crippen LogP contribution in [0.1, 0.15) is 55.5 Å². The lowest BCUT2D eigenvalue weighted by atomic mass is 9.97. The average Bonchev–Trinajstić information content (AvgIpc) is 2.90. The summed E-state index contributed by atoms with van der Waals surface area (Å²) >= 11 is 1.63. The highest BCUT2D eigenvalue weighted by molar-refractivity contribution is 7.15. The number of aryl methyl sites for hydroxylation is 2. The molecule has 3 rings (SSSR count). The predicted molar refractivity (Wildman–Crippen MR) is 86.9 cm³/mol. The first kappa shape index (κ1) is 14.6. The Morgan fingerprint density at radius 3 is 2.86 bits per heavy atom. The Morgan fingerprint density at radius 1 is 1.19 bits per heavy atom. The summed E-state index contributed by atoms with van der Waals surface area (Å²) in [5.41, 5.74) is 2.68. The molecule has 0 radical (unpaired) electrons. The number of carbonyl (C=O) groups is 1. The third-order valence-electron chi connectivity index (χ3n) is 4.18. The number of urea groups is 1. The second-order valence-corrected chi connectivity index (χ2v) is 6.92. The van der Waals surface area contributed by atoms with Gasteiger partial charge in [0.05, 0.1) is 5.69 Å². The van der Waals surface area contributed by atoms with Crippen molar-refractivity contribution < 1.29 is 4.79 Å². The Labute approximate surface area is 130 Å². The summed E-state index contributed by atoms with van der Waals surface area (Å²) in [5, 5.41) is 6.56. The highest BCUT2D eigenvalue weighted by atomic mass is 32.1. The molecule has 2 aliphatic carbocycles. The van der Waals surface area contributed by atoms with Crippen molar-refractivity contribution in [1.82, 2.24) is 10.3 Å². The van der Waals surface area contributed by atoms with Gasteiger partial charge in [-0.2, -0.15) is 0 Å². The summed E-state index contributed by atoms with van der Waals surface area (Å²) in [6, 6.07) is -0.127. The quantitative estimate of drug-likeness (QED) is 0.825. The van der Waals surface area contributed by atoms with Crippen molar-refractivity contribution in [2.45, 2.75) is 57.8 Å². The number of hydrogen-bond donors (Lipinski definition) is 2. The molecule has 0 spiro atoms. The van der Waals surface area contributed by atoms with E-state index in [0.717, 1.165) is 24.4 Å². The number of anilines is 1. The smallest absolute Gasteiger partial charge is 0.321 e. The topological polar surface area (TPSA) is 54.0 Å². The lowest BCUT2D eigenvalue weighted by Gasteiger charge is -2.12. The van der Waals surface area contributed by atoms with Crippen molar-refractivity contribution in [2.24, 2.45) is 0 Å². The fraction of sp³-hybridized carbons (Fsp3) is 0.625. The van der Waals surface area contributed by atoms with Gasteiger partial charge in [0.25, 0.3) is 0 Å².